The Kier molecular flexibility index (Phi) is 22.3. The van der Waals surface area contributed by atoms with Gasteiger partial charge in [0.15, 0.2) is 23.1 Å². The normalized spacial score (nSPS) is 13.1. The molecule has 0 aliphatic rings. The molecule has 12 nitrogen and oxygen atoms in total. The molecule has 0 aliphatic carbocycles. The van der Waals surface area contributed by atoms with Gasteiger partial charge in [0, 0.05) is 21.7 Å². The Hall–Kier alpha value is -1.64. The Morgan fingerprint density at radius 2 is 0.469 bits per heavy atom. The van der Waals surface area contributed by atoms with E-state index in [1.54, 1.807) is 0 Å². The Balaban J connectivity index is 5.38. The summed E-state index contributed by atoms with van der Waals surface area (Å²) in [6.45, 7) is 24.7. The third-order valence-electron chi connectivity index (χ3n) is 7.40. The molecule has 0 radical (unpaired) electrons. The molecule has 0 N–H and O–H groups in total. The van der Waals surface area contributed by atoms with E-state index in [4.69, 9.17) is 37.9 Å². The summed E-state index contributed by atoms with van der Waals surface area (Å²) in [6.07, 6.45) is 0. The van der Waals surface area contributed by atoms with Crippen molar-refractivity contribution in [2.45, 2.75) is 83.1 Å². The minimum Gasteiger partial charge on any atom is -0.378 e. The number of ether oxygens (including phenoxy) is 8. The second kappa shape index (κ2) is 23.0. The minimum absolute atomic E-state index is 0.000482. The highest BCUT2D eigenvalue weighted by atomic mass is 16.6. The smallest absolute Gasteiger partial charge is 0.163 e. The topological polar surface area (TPSA) is 142 Å². The molecule has 0 aromatic heterocycles. The molecule has 0 atom stereocenters. The molecule has 0 heterocycles. The molecule has 0 saturated carbocycles. The van der Waals surface area contributed by atoms with E-state index in [1.165, 1.54) is 0 Å². The number of ketones is 4. The molecule has 0 saturated heterocycles. The lowest BCUT2D eigenvalue weighted by Gasteiger charge is -2.33. The SMILES string of the molecule is CC(C)(C)C(=O)COCCOCC(COCCOCC(=O)C(C)(C)C)(COCCOCC(=O)C(C)(C)C)COCCOCC(=O)C(C)(C)C. The molecule has 0 rings (SSSR count). The predicted octanol–water partition coefficient (Wildman–Crippen LogP) is 4.57. The van der Waals surface area contributed by atoms with Crippen molar-refractivity contribution >= 4 is 23.1 Å². The first-order valence-electron chi connectivity index (χ1n) is 17.3. The monoisotopic (exact) mass is 704 g/mol. The fraction of sp³-hybridized carbons (Fsp3) is 0.892. The van der Waals surface area contributed by atoms with Crippen LogP contribution in [0.4, 0.5) is 0 Å². The van der Waals surface area contributed by atoms with Gasteiger partial charge in [-0.05, 0) is 0 Å². The van der Waals surface area contributed by atoms with Gasteiger partial charge in [-0.2, -0.15) is 0 Å². The molecule has 0 aromatic carbocycles. The van der Waals surface area contributed by atoms with Crippen LogP contribution in [0, 0.1) is 27.1 Å². The van der Waals surface area contributed by atoms with Crippen LogP contribution < -0.4 is 0 Å². The third-order valence-corrected chi connectivity index (χ3v) is 7.40. The number of carbonyl (C=O) groups is 4. The van der Waals surface area contributed by atoms with Crippen molar-refractivity contribution < 1.29 is 57.1 Å². The van der Waals surface area contributed by atoms with Crippen LogP contribution >= 0.6 is 0 Å². The lowest BCUT2D eigenvalue weighted by Crippen LogP contribution is -2.43. The van der Waals surface area contributed by atoms with E-state index < -0.39 is 27.1 Å². The van der Waals surface area contributed by atoms with Crippen molar-refractivity contribution in [3.05, 3.63) is 0 Å². The fourth-order valence-electron chi connectivity index (χ4n) is 3.40. The summed E-state index contributed by atoms with van der Waals surface area (Å²) in [5.74, 6) is 0.00483. The maximum atomic E-state index is 12.2. The number of hydrogen-bond acceptors (Lipinski definition) is 12. The molecule has 0 bridgehead atoms. The molecule has 0 unspecified atom stereocenters. The van der Waals surface area contributed by atoms with Crippen molar-refractivity contribution in [3.63, 3.8) is 0 Å². The number of rotatable bonds is 28. The van der Waals surface area contributed by atoms with Crippen molar-refractivity contribution in [1.29, 1.82) is 0 Å². The van der Waals surface area contributed by atoms with Gasteiger partial charge in [0.25, 0.3) is 0 Å². The van der Waals surface area contributed by atoms with Crippen LogP contribution in [-0.2, 0) is 57.1 Å². The Morgan fingerprint density at radius 1 is 0.306 bits per heavy atom. The Labute approximate surface area is 295 Å². The first-order chi connectivity index (χ1) is 22.5. The summed E-state index contributed by atoms with van der Waals surface area (Å²) in [5.41, 5.74) is -2.72. The molecule has 0 amide bonds. The van der Waals surface area contributed by atoms with E-state index in [0.29, 0.717) is 0 Å². The highest BCUT2D eigenvalue weighted by molar-refractivity contribution is 5.85. The van der Waals surface area contributed by atoms with Gasteiger partial charge in [-0.15, -0.1) is 0 Å². The van der Waals surface area contributed by atoms with Gasteiger partial charge in [0.05, 0.1) is 84.7 Å². The van der Waals surface area contributed by atoms with Gasteiger partial charge in [-0.25, -0.2) is 0 Å². The average molecular weight is 705 g/mol. The molecule has 12 heteroatoms. The standard InChI is InChI=1S/C37H68O12/c1-33(2,3)29(38)21-42-13-17-46-25-37(26-47-18-14-43-22-30(39)34(4,5)6,27-48-19-15-44-23-31(40)35(7,8)9)28-49-20-16-45-24-32(41)36(10,11)12/h13-28H2,1-12H3. The molecule has 288 valence electrons. The molecule has 0 aromatic rings. The summed E-state index contributed by atoms with van der Waals surface area (Å²) < 4.78 is 46.2. The molecule has 0 aliphatic heterocycles. The van der Waals surface area contributed by atoms with Crippen LogP contribution in [0.25, 0.3) is 0 Å². The van der Waals surface area contributed by atoms with E-state index in [1.807, 2.05) is 83.1 Å². The minimum atomic E-state index is -0.773. The van der Waals surface area contributed by atoms with E-state index in [0.717, 1.165) is 0 Å². The summed E-state index contributed by atoms with van der Waals surface area (Å²) >= 11 is 0. The lowest BCUT2D eigenvalue weighted by atomic mass is 9.91. The first-order valence-corrected chi connectivity index (χ1v) is 17.3. The zero-order valence-electron chi connectivity index (χ0n) is 32.7. The van der Waals surface area contributed by atoms with Crippen molar-refractivity contribution in [2.75, 3.05) is 106 Å². The molecular weight excluding hydrogens is 636 g/mol. The average Bonchev–Trinajstić information content (AvgIpc) is 2.97. The number of carbonyl (C=O) groups excluding carboxylic acids is 4. The van der Waals surface area contributed by atoms with Gasteiger partial charge in [0.1, 0.15) is 26.4 Å². The van der Waals surface area contributed by atoms with Crippen LogP contribution in [0.5, 0.6) is 0 Å². The van der Waals surface area contributed by atoms with Crippen LogP contribution in [-0.4, -0.2) is 129 Å². The number of hydrogen-bond donors (Lipinski definition) is 0. The maximum Gasteiger partial charge on any atom is 0.163 e. The van der Waals surface area contributed by atoms with Gasteiger partial charge >= 0.3 is 0 Å². The summed E-state index contributed by atoms with van der Waals surface area (Å²) in [6, 6.07) is 0. The van der Waals surface area contributed by atoms with E-state index in [9.17, 15) is 19.2 Å². The zero-order chi connectivity index (χ0) is 37.8. The fourth-order valence-corrected chi connectivity index (χ4v) is 3.40. The summed E-state index contributed by atoms with van der Waals surface area (Å²) in [4.78, 5) is 48.8. The van der Waals surface area contributed by atoms with Gasteiger partial charge in [-0.3, -0.25) is 19.2 Å². The quantitative estimate of drug-likeness (QED) is 0.105. The Morgan fingerprint density at radius 3 is 0.633 bits per heavy atom. The summed E-state index contributed by atoms with van der Waals surface area (Å²) in [5, 5.41) is 0. The lowest BCUT2D eigenvalue weighted by molar-refractivity contribution is -0.136. The highest BCUT2D eigenvalue weighted by Crippen LogP contribution is 2.22. The van der Waals surface area contributed by atoms with Gasteiger partial charge in [0.2, 0.25) is 0 Å². The first kappa shape index (κ1) is 47.4. The van der Waals surface area contributed by atoms with Crippen LogP contribution in [0.15, 0.2) is 0 Å². The second-order valence-electron chi connectivity index (χ2n) is 16.6. The largest absolute Gasteiger partial charge is 0.378 e. The van der Waals surface area contributed by atoms with Crippen molar-refractivity contribution in [1.82, 2.24) is 0 Å². The van der Waals surface area contributed by atoms with Gasteiger partial charge < -0.3 is 37.9 Å². The third kappa shape index (κ3) is 23.5. The van der Waals surface area contributed by atoms with Gasteiger partial charge in [-0.1, -0.05) is 83.1 Å². The van der Waals surface area contributed by atoms with E-state index in [-0.39, 0.29) is 129 Å². The van der Waals surface area contributed by atoms with Crippen molar-refractivity contribution in [2.24, 2.45) is 27.1 Å². The highest BCUT2D eigenvalue weighted by Gasteiger charge is 2.33. The molecule has 49 heavy (non-hydrogen) atoms. The Bertz CT molecular complexity index is 806. The van der Waals surface area contributed by atoms with Crippen LogP contribution in [0.1, 0.15) is 83.1 Å². The zero-order valence-corrected chi connectivity index (χ0v) is 32.7. The second-order valence-corrected chi connectivity index (χ2v) is 16.6. The predicted molar refractivity (Wildman–Crippen MR) is 187 cm³/mol. The van der Waals surface area contributed by atoms with E-state index in [2.05, 4.69) is 0 Å². The molecular formula is C37H68O12. The van der Waals surface area contributed by atoms with Crippen LogP contribution in [0.2, 0.25) is 0 Å². The van der Waals surface area contributed by atoms with E-state index >= 15 is 0 Å². The number of Topliss-reactive ketones (excluding diaryl/α,β-unsaturated/α-hetero) is 4. The molecule has 0 fully saturated rings. The summed E-state index contributed by atoms with van der Waals surface area (Å²) in [7, 11) is 0. The maximum absolute atomic E-state index is 12.2. The molecule has 0 spiro atoms. The van der Waals surface area contributed by atoms with Crippen molar-refractivity contribution in [3.8, 4) is 0 Å². The van der Waals surface area contributed by atoms with Crippen LogP contribution in [0.3, 0.4) is 0 Å².